The van der Waals surface area contributed by atoms with Crippen LogP contribution in [0.2, 0.25) is 5.02 Å². The summed E-state index contributed by atoms with van der Waals surface area (Å²) < 4.78 is 15.4. The lowest BCUT2D eigenvalue weighted by Gasteiger charge is -2.09. The minimum atomic E-state index is -0.675. The molecule has 1 heterocycles. The van der Waals surface area contributed by atoms with Crippen molar-refractivity contribution in [1.29, 1.82) is 5.26 Å². The summed E-state index contributed by atoms with van der Waals surface area (Å²) in [6.45, 7) is 2.33. The maximum atomic E-state index is 13.7. The average Bonchev–Trinajstić information content (AvgIpc) is 2.87. The molecule has 1 atom stereocenters. The molecule has 21 heavy (non-hydrogen) atoms. The lowest BCUT2D eigenvalue weighted by atomic mass is 10.1. The van der Waals surface area contributed by atoms with Crippen LogP contribution < -0.4 is 5.32 Å². The molecule has 0 aliphatic heterocycles. The predicted octanol–water partition coefficient (Wildman–Crippen LogP) is 2.35. The molecule has 0 saturated heterocycles. The molecule has 2 aromatic rings. The third-order valence-corrected chi connectivity index (χ3v) is 3.20. The van der Waals surface area contributed by atoms with Crippen molar-refractivity contribution in [3.05, 3.63) is 40.8 Å². The molecule has 0 fully saturated rings. The second-order valence-corrected chi connectivity index (χ2v) is 4.94. The van der Waals surface area contributed by atoms with Gasteiger partial charge in [0.05, 0.1) is 17.3 Å². The van der Waals surface area contributed by atoms with E-state index in [9.17, 15) is 9.18 Å². The number of carbonyl (C=O) groups excluding carboxylic acids is 1. The van der Waals surface area contributed by atoms with Crippen LogP contribution in [0.1, 0.15) is 12.5 Å². The van der Waals surface area contributed by atoms with Gasteiger partial charge in [0, 0.05) is 17.8 Å². The molecule has 0 saturated carbocycles. The smallest absolute Gasteiger partial charge is 0.207 e. The molecular formula is C14H12ClFN4O. The normalized spacial score (nSPS) is 11.7. The third kappa shape index (κ3) is 3.38. The summed E-state index contributed by atoms with van der Waals surface area (Å²) >= 11 is 5.87. The van der Waals surface area contributed by atoms with E-state index in [1.165, 1.54) is 12.1 Å². The largest absolute Gasteiger partial charge is 0.354 e. The highest BCUT2D eigenvalue weighted by atomic mass is 35.5. The summed E-state index contributed by atoms with van der Waals surface area (Å²) in [6.07, 6.45) is 2.35. The van der Waals surface area contributed by atoms with Crippen LogP contribution in [0.15, 0.2) is 24.4 Å². The lowest BCUT2D eigenvalue weighted by molar-refractivity contribution is -0.110. The van der Waals surface area contributed by atoms with Crippen LogP contribution >= 0.6 is 11.6 Å². The Morgan fingerprint density at radius 2 is 2.38 bits per heavy atom. The van der Waals surface area contributed by atoms with Crippen molar-refractivity contribution in [1.82, 2.24) is 15.1 Å². The van der Waals surface area contributed by atoms with Crippen LogP contribution in [-0.4, -0.2) is 22.2 Å². The zero-order valence-corrected chi connectivity index (χ0v) is 11.9. The number of hydrogen-bond acceptors (Lipinski definition) is 3. The maximum absolute atomic E-state index is 13.7. The van der Waals surface area contributed by atoms with E-state index in [1.807, 2.05) is 6.92 Å². The van der Waals surface area contributed by atoms with Gasteiger partial charge in [-0.2, -0.15) is 10.4 Å². The fraction of sp³-hybridized carbons (Fsp3) is 0.214. The van der Waals surface area contributed by atoms with Gasteiger partial charge in [-0.15, -0.1) is 0 Å². The van der Waals surface area contributed by atoms with Crippen LogP contribution in [0, 0.1) is 17.1 Å². The minimum absolute atomic E-state index is 0.0537. The first kappa shape index (κ1) is 15.0. The number of hydrogen-bond donors (Lipinski definition) is 1. The Morgan fingerprint density at radius 1 is 1.62 bits per heavy atom. The van der Waals surface area contributed by atoms with Gasteiger partial charge in [0.1, 0.15) is 17.4 Å². The molecule has 1 N–H and O–H groups in total. The van der Waals surface area contributed by atoms with Crippen LogP contribution in [-0.2, 0) is 11.3 Å². The van der Waals surface area contributed by atoms with E-state index in [4.69, 9.17) is 16.9 Å². The number of nitriles is 1. The molecule has 5 nitrogen and oxygen atoms in total. The number of aromatic nitrogens is 2. The van der Waals surface area contributed by atoms with Crippen molar-refractivity contribution < 1.29 is 9.18 Å². The van der Waals surface area contributed by atoms with Gasteiger partial charge in [-0.05, 0) is 25.1 Å². The molecule has 1 aromatic carbocycles. The topological polar surface area (TPSA) is 70.7 Å². The molecule has 1 unspecified atom stereocenters. The van der Waals surface area contributed by atoms with Gasteiger partial charge >= 0.3 is 0 Å². The van der Waals surface area contributed by atoms with Crippen molar-refractivity contribution in [2.24, 2.45) is 0 Å². The number of nitrogens with zero attached hydrogens (tertiary/aromatic N) is 3. The van der Waals surface area contributed by atoms with E-state index in [0.717, 1.165) is 0 Å². The molecule has 0 aliphatic rings. The van der Waals surface area contributed by atoms with E-state index in [0.29, 0.717) is 24.2 Å². The molecular weight excluding hydrogens is 295 g/mol. The average molecular weight is 307 g/mol. The number of amides is 1. The van der Waals surface area contributed by atoms with Crippen molar-refractivity contribution in [2.75, 3.05) is 0 Å². The number of rotatable bonds is 5. The maximum Gasteiger partial charge on any atom is 0.207 e. The van der Waals surface area contributed by atoms with Crippen molar-refractivity contribution >= 4 is 18.0 Å². The summed E-state index contributed by atoms with van der Waals surface area (Å²) in [5.41, 5.74) is 0.855. The van der Waals surface area contributed by atoms with E-state index in [-0.39, 0.29) is 16.6 Å². The lowest BCUT2D eigenvalue weighted by Crippen LogP contribution is -2.29. The summed E-state index contributed by atoms with van der Waals surface area (Å²) in [6, 6.07) is 6.08. The number of benzene rings is 1. The highest BCUT2D eigenvalue weighted by Crippen LogP contribution is 2.26. The second kappa shape index (κ2) is 6.37. The Balaban J connectivity index is 2.26. The third-order valence-electron chi connectivity index (χ3n) is 2.90. The zero-order chi connectivity index (χ0) is 15.4. The van der Waals surface area contributed by atoms with E-state index < -0.39 is 5.82 Å². The summed E-state index contributed by atoms with van der Waals surface area (Å²) in [7, 11) is 0. The molecule has 0 aliphatic carbocycles. The fourth-order valence-electron chi connectivity index (χ4n) is 1.89. The Kier molecular flexibility index (Phi) is 4.55. The fourth-order valence-corrected chi connectivity index (χ4v) is 2.14. The van der Waals surface area contributed by atoms with Crippen LogP contribution in [0.5, 0.6) is 0 Å². The van der Waals surface area contributed by atoms with E-state index in [1.54, 1.807) is 23.0 Å². The molecule has 7 heteroatoms. The van der Waals surface area contributed by atoms with Crippen molar-refractivity contribution in [2.45, 2.75) is 19.5 Å². The number of carbonyl (C=O) groups is 1. The molecule has 1 amide bonds. The van der Waals surface area contributed by atoms with Crippen LogP contribution in [0.3, 0.4) is 0 Å². The predicted molar refractivity (Wildman–Crippen MR) is 76.0 cm³/mol. The SMILES string of the molecule is CC(Cn1ccc(-c2cc(F)c(C#N)c(Cl)c2)n1)NC=O. The van der Waals surface area contributed by atoms with E-state index >= 15 is 0 Å². The summed E-state index contributed by atoms with van der Waals surface area (Å²) in [4.78, 5) is 10.3. The van der Waals surface area contributed by atoms with Crippen molar-refractivity contribution in [3.63, 3.8) is 0 Å². The highest BCUT2D eigenvalue weighted by molar-refractivity contribution is 6.32. The van der Waals surface area contributed by atoms with Gasteiger partial charge < -0.3 is 5.32 Å². The van der Waals surface area contributed by atoms with Crippen LogP contribution in [0.25, 0.3) is 11.3 Å². The summed E-state index contributed by atoms with van der Waals surface area (Å²) in [5.74, 6) is -0.675. The first-order valence-electron chi connectivity index (χ1n) is 6.17. The highest BCUT2D eigenvalue weighted by Gasteiger charge is 2.12. The van der Waals surface area contributed by atoms with Gasteiger partial charge in [0.2, 0.25) is 6.41 Å². The summed E-state index contributed by atoms with van der Waals surface area (Å²) in [5, 5.41) is 15.7. The molecule has 108 valence electrons. The van der Waals surface area contributed by atoms with Crippen LogP contribution in [0.4, 0.5) is 4.39 Å². The standard InChI is InChI=1S/C14H12ClFN4O/c1-9(18-8-21)7-20-3-2-14(19-20)10-4-12(15)11(6-17)13(16)5-10/h2-5,8-9H,7H2,1H3,(H,18,21). The molecule has 2 rings (SSSR count). The Hall–Kier alpha value is -2.39. The molecule has 1 aromatic heterocycles. The van der Waals surface area contributed by atoms with Gasteiger partial charge in [-0.1, -0.05) is 11.6 Å². The molecule has 0 radical (unpaired) electrons. The van der Waals surface area contributed by atoms with Gasteiger partial charge in [-0.3, -0.25) is 9.48 Å². The van der Waals surface area contributed by atoms with E-state index in [2.05, 4.69) is 10.4 Å². The first-order chi connectivity index (χ1) is 10.0. The van der Waals surface area contributed by atoms with Gasteiger partial charge in [0.25, 0.3) is 0 Å². The number of halogens is 2. The Morgan fingerprint density at radius 3 is 3.00 bits per heavy atom. The quantitative estimate of drug-likeness (QED) is 0.862. The second-order valence-electron chi connectivity index (χ2n) is 4.54. The number of nitrogens with one attached hydrogen (secondary N) is 1. The van der Waals surface area contributed by atoms with Crippen molar-refractivity contribution in [3.8, 4) is 17.3 Å². The monoisotopic (exact) mass is 306 g/mol. The van der Waals surface area contributed by atoms with Gasteiger partial charge in [0.15, 0.2) is 0 Å². The Bertz CT molecular complexity index is 684. The zero-order valence-electron chi connectivity index (χ0n) is 11.2. The minimum Gasteiger partial charge on any atom is -0.354 e. The molecule has 0 spiro atoms. The molecule has 0 bridgehead atoms. The van der Waals surface area contributed by atoms with Gasteiger partial charge in [-0.25, -0.2) is 4.39 Å². The first-order valence-corrected chi connectivity index (χ1v) is 6.55. The Labute approximate surface area is 125 Å².